The van der Waals surface area contributed by atoms with Crippen molar-refractivity contribution in [2.45, 2.75) is 37.7 Å². The SMILES string of the molecule is O[C@@]12CC[C@@H](CC3=NCC[C@H]31)C2. The third-order valence-corrected chi connectivity index (χ3v) is 3.91. The molecule has 0 amide bonds. The van der Waals surface area contributed by atoms with E-state index in [0.29, 0.717) is 5.92 Å². The molecule has 1 aliphatic heterocycles. The average molecular weight is 165 g/mol. The molecule has 2 heteroatoms. The molecular weight excluding hydrogens is 150 g/mol. The molecule has 12 heavy (non-hydrogen) atoms. The summed E-state index contributed by atoms with van der Waals surface area (Å²) in [5.74, 6) is 1.19. The normalized spacial score (nSPS) is 50.6. The maximum absolute atomic E-state index is 10.3. The molecule has 0 aromatic carbocycles. The van der Waals surface area contributed by atoms with Crippen LogP contribution in [0.4, 0.5) is 0 Å². The number of nitrogens with zero attached hydrogens (tertiary/aromatic N) is 1. The second-order valence-corrected chi connectivity index (χ2v) is 4.63. The van der Waals surface area contributed by atoms with E-state index in [1.807, 2.05) is 0 Å². The van der Waals surface area contributed by atoms with Crippen molar-refractivity contribution >= 4 is 5.71 Å². The van der Waals surface area contributed by atoms with E-state index in [2.05, 4.69) is 4.99 Å². The van der Waals surface area contributed by atoms with Gasteiger partial charge in [-0.15, -0.1) is 0 Å². The molecule has 3 rings (SSSR count). The van der Waals surface area contributed by atoms with E-state index in [1.54, 1.807) is 0 Å². The first-order valence-electron chi connectivity index (χ1n) is 5.03. The van der Waals surface area contributed by atoms with Crippen LogP contribution >= 0.6 is 0 Å². The van der Waals surface area contributed by atoms with E-state index in [-0.39, 0.29) is 5.60 Å². The summed E-state index contributed by atoms with van der Waals surface area (Å²) in [4.78, 5) is 4.50. The highest BCUT2D eigenvalue weighted by Gasteiger charge is 2.50. The summed E-state index contributed by atoms with van der Waals surface area (Å²) in [7, 11) is 0. The fourth-order valence-corrected chi connectivity index (χ4v) is 3.34. The molecule has 1 heterocycles. The Morgan fingerprint density at radius 2 is 2.33 bits per heavy atom. The van der Waals surface area contributed by atoms with Crippen LogP contribution in [-0.2, 0) is 0 Å². The van der Waals surface area contributed by atoms with Gasteiger partial charge in [-0.2, -0.15) is 0 Å². The third kappa shape index (κ3) is 0.764. The Hall–Kier alpha value is -0.370. The topological polar surface area (TPSA) is 32.6 Å². The first-order valence-corrected chi connectivity index (χ1v) is 5.03. The molecule has 2 nitrogen and oxygen atoms in total. The van der Waals surface area contributed by atoms with Gasteiger partial charge in [0.1, 0.15) is 0 Å². The molecule has 3 atom stereocenters. The first-order chi connectivity index (χ1) is 5.78. The highest BCUT2D eigenvalue weighted by atomic mass is 16.3. The van der Waals surface area contributed by atoms with Gasteiger partial charge in [0.05, 0.1) is 5.60 Å². The Morgan fingerprint density at radius 3 is 3.25 bits per heavy atom. The number of fused-ring (bicyclic) bond motifs is 4. The summed E-state index contributed by atoms with van der Waals surface area (Å²) in [6.07, 6.45) is 5.61. The number of hydrogen-bond acceptors (Lipinski definition) is 2. The second-order valence-electron chi connectivity index (χ2n) is 4.63. The molecule has 0 saturated heterocycles. The summed E-state index contributed by atoms with van der Waals surface area (Å²) in [5, 5.41) is 10.3. The molecule has 0 aromatic rings. The van der Waals surface area contributed by atoms with Crippen molar-refractivity contribution in [3.8, 4) is 0 Å². The van der Waals surface area contributed by atoms with Crippen molar-refractivity contribution in [2.24, 2.45) is 16.8 Å². The molecule has 2 fully saturated rings. The molecule has 0 unspecified atom stereocenters. The smallest absolute Gasteiger partial charge is 0.0731 e. The number of aliphatic imine (C=N–C) groups is 1. The third-order valence-electron chi connectivity index (χ3n) is 3.91. The number of aliphatic hydroxyl groups is 1. The average Bonchev–Trinajstić information content (AvgIpc) is 2.59. The Kier molecular flexibility index (Phi) is 1.24. The summed E-state index contributed by atoms with van der Waals surface area (Å²) in [6, 6.07) is 0. The molecule has 3 aliphatic rings. The zero-order valence-corrected chi connectivity index (χ0v) is 7.29. The van der Waals surface area contributed by atoms with Gasteiger partial charge in [-0.1, -0.05) is 0 Å². The Bertz CT molecular complexity index is 248. The van der Waals surface area contributed by atoms with Crippen LogP contribution in [0.15, 0.2) is 4.99 Å². The molecule has 1 N–H and O–H groups in total. The predicted octanol–water partition coefficient (Wildman–Crippen LogP) is 1.38. The van der Waals surface area contributed by atoms with Crippen LogP contribution in [0, 0.1) is 11.8 Å². The highest BCUT2D eigenvalue weighted by molar-refractivity contribution is 5.90. The van der Waals surface area contributed by atoms with Gasteiger partial charge in [-0.3, -0.25) is 4.99 Å². The molecule has 0 spiro atoms. The molecule has 2 saturated carbocycles. The minimum absolute atomic E-state index is 0.335. The van der Waals surface area contributed by atoms with Crippen LogP contribution in [-0.4, -0.2) is 23.0 Å². The first kappa shape index (κ1) is 7.07. The van der Waals surface area contributed by atoms with E-state index in [4.69, 9.17) is 0 Å². The fraction of sp³-hybridized carbons (Fsp3) is 0.900. The van der Waals surface area contributed by atoms with E-state index in [1.165, 1.54) is 18.6 Å². The van der Waals surface area contributed by atoms with Gasteiger partial charge in [0.2, 0.25) is 0 Å². The minimum Gasteiger partial charge on any atom is -0.389 e. The Balaban J connectivity index is 2.00. The van der Waals surface area contributed by atoms with E-state index >= 15 is 0 Å². The summed E-state index contributed by atoms with van der Waals surface area (Å²) in [5.41, 5.74) is 1.00. The van der Waals surface area contributed by atoms with Crippen LogP contribution < -0.4 is 0 Å². The van der Waals surface area contributed by atoms with Gasteiger partial charge in [0.25, 0.3) is 0 Å². The van der Waals surface area contributed by atoms with Crippen molar-refractivity contribution in [2.75, 3.05) is 6.54 Å². The lowest BCUT2D eigenvalue weighted by Gasteiger charge is -2.35. The van der Waals surface area contributed by atoms with Crippen molar-refractivity contribution in [1.29, 1.82) is 0 Å². The maximum Gasteiger partial charge on any atom is 0.0731 e. The van der Waals surface area contributed by atoms with Gasteiger partial charge >= 0.3 is 0 Å². The monoisotopic (exact) mass is 165 g/mol. The van der Waals surface area contributed by atoms with Gasteiger partial charge in [0, 0.05) is 18.2 Å². The number of hydrogen-bond donors (Lipinski definition) is 1. The Morgan fingerprint density at radius 1 is 1.42 bits per heavy atom. The van der Waals surface area contributed by atoms with Crippen molar-refractivity contribution in [3.63, 3.8) is 0 Å². The summed E-state index contributed by atoms with van der Waals surface area (Å²) < 4.78 is 0. The van der Waals surface area contributed by atoms with Crippen molar-refractivity contribution in [1.82, 2.24) is 0 Å². The summed E-state index contributed by atoms with van der Waals surface area (Å²) >= 11 is 0. The highest BCUT2D eigenvalue weighted by Crippen LogP contribution is 2.49. The zero-order chi connectivity index (χ0) is 8.18. The molecule has 2 bridgehead atoms. The van der Waals surface area contributed by atoms with Crippen LogP contribution in [0.5, 0.6) is 0 Å². The maximum atomic E-state index is 10.3. The summed E-state index contributed by atoms with van der Waals surface area (Å²) in [6.45, 7) is 0.967. The second kappa shape index (κ2) is 2.11. The van der Waals surface area contributed by atoms with Crippen molar-refractivity contribution < 1.29 is 5.11 Å². The van der Waals surface area contributed by atoms with Gasteiger partial charge in [-0.05, 0) is 38.0 Å². The lowest BCUT2D eigenvalue weighted by Crippen LogP contribution is -2.41. The van der Waals surface area contributed by atoms with Crippen LogP contribution in [0.2, 0.25) is 0 Å². The van der Waals surface area contributed by atoms with Crippen LogP contribution in [0.1, 0.15) is 32.1 Å². The quantitative estimate of drug-likeness (QED) is 0.578. The molecule has 0 aromatic heterocycles. The van der Waals surface area contributed by atoms with Crippen LogP contribution in [0.25, 0.3) is 0 Å². The van der Waals surface area contributed by atoms with Crippen molar-refractivity contribution in [3.05, 3.63) is 0 Å². The Labute approximate surface area is 72.7 Å². The number of rotatable bonds is 0. The van der Waals surface area contributed by atoms with E-state index in [0.717, 1.165) is 31.7 Å². The van der Waals surface area contributed by atoms with Gasteiger partial charge in [-0.25, -0.2) is 0 Å². The fourth-order valence-electron chi connectivity index (χ4n) is 3.34. The molecular formula is C10H15NO. The van der Waals surface area contributed by atoms with Crippen LogP contribution in [0.3, 0.4) is 0 Å². The minimum atomic E-state index is -0.335. The van der Waals surface area contributed by atoms with E-state index in [9.17, 15) is 5.11 Å². The van der Waals surface area contributed by atoms with E-state index < -0.39 is 0 Å². The lowest BCUT2D eigenvalue weighted by atomic mass is 9.75. The molecule has 66 valence electrons. The van der Waals surface area contributed by atoms with Gasteiger partial charge < -0.3 is 5.11 Å². The van der Waals surface area contributed by atoms with Gasteiger partial charge in [0.15, 0.2) is 0 Å². The largest absolute Gasteiger partial charge is 0.389 e. The lowest BCUT2D eigenvalue weighted by molar-refractivity contribution is 0.00430. The molecule has 0 radical (unpaired) electrons. The predicted molar refractivity (Wildman–Crippen MR) is 47.3 cm³/mol. The molecule has 2 aliphatic carbocycles. The standard InChI is InChI=1S/C10H15NO/c12-10-3-1-7(6-10)5-9-8(10)2-4-11-9/h7-8,12H,1-6H2/t7-,8+,10+/m0/s1. The zero-order valence-electron chi connectivity index (χ0n) is 7.29.